The molecule has 3 aromatic heterocycles. The van der Waals surface area contributed by atoms with Gasteiger partial charge in [0.15, 0.2) is 5.75 Å². The molecule has 0 unspecified atom stereocenters. The highest BCUT2D eigenvalue weighted by atomic mass is 19.1. The van der Waals surface area contributed by atoms with E-state index in [1.807, 2.05) is 0 Å². The van der Waals surface area contributed by atoms with Crippen LogP contribution in [-0.2, 0) is 0 Å². The Labute approximate surface area is 222 Å². The van der Waals surface area contributed by atoms with Crippen LogP contribution in [0, 0.1) is 5.82 Å². The van der Waals surface area contributed by atoms with Crippen molar-refractivity contribution in [3.8, 4) is 28.7 Å². The molecule has 9 nitrogen and oxygen atoms in total. The number of carbonyl (C=O) groups is 1. The monoisotopic (exact) mass is 526 g/mol. The number of pyridine rings is 3. The number of methoxy groups -OCH3 is 1. The predicted octanol–water partition coefficient (Wildman–Crippen LogP) is 5.37. The number of halogens is 1. The molecule has 39 heavy (non-hydrogen) atoms. The van der Waals surface area contributed by atoms with Crippen molar-refractivity contribution in [1.29, 1.82) is 0 Å². The molecule has 0 bridgehead atoms. The minimum Gasteiger partial charge on any atom is -0.495 e. The molecule has 5 rings (SSSR count). The predicted molar refractivity (Wildman–Crippen MR) is 144 cm³/mol. The smallest absolute Gasteiger partial charge is 0.271 e. The average molecular weight is 527 g/mol. The minimum absolute atomic E-state index is 0.145. The molecule has 0 fully saturated rings. The molecule has 1 N–H and O–H groups in total. The Kier molecular flexibility index (Phi) is 7.17. The number of hydrogen-bond acceptors (Lipinski definition) is 7. The first-order valence-electron chi connectivity index (χ1n) is 12.0. The fourth-order valence-electron chi connectivity index (χ4n) is 3.92. The number of rotatable bonds is 8. The van der Waals surface area contributed by atoms with Crippen LogP contribution in [0.2, 0.25) is 0 Å². The second-order valence-electron chi connectivity index (χ2n) is 8.27. The molecule has 0 aliphatic rings. The summed E-state index contributed by atoms with van der Waals surface area (Å²) in [7, 11) is 1.56. The highest BCUT2D eigenvalue weighted by Gasteiger charge is 2.20. The molecular weight excluding hydrogens is 503 g/mol. The molecule has 1 amide bonds. The van der Waals surface area contributed by atoms with Gasteiger partial charge in [0.05, 0.1) is 25.4 Å². The molecule has 10 heteroatoms. The lowest BCUT2D eigenvalue weighted by Crippen LogP contribution is -2.29. The Bertz CT molecular complexity index is 1700. The van der Waals surface area contributed by atoms with Gasteiger partial charge < -0.3 is 19.5 Å². The second-order valence-corrected chi connectivity index (χ2v) is 8.27. The molecule has 0 aliphatic heterocycles. The first kappa shape index (κ1) is 25.4. The van der Waals surface area contributed by atoms with Crippen LogP contribution in [0.1, 0.15) is 17.3 Å². The van der Waals surface area contributed by atoms with E-state index in [2.05, 4.69) is 15.3 Å². The lowest BCUT2D eigenvalue weighted by Gasteiger charge is -2.14. The van der Waals surface area contributed by atoms with Crippen LogP contribution in [0.25, 0.3) is 16.7 Å². The van der Waals surface area contributed by atoms with Crippen LogP contribution in [-0.4, -0.2) is 34.2 Å². The van der Waals surface area contributed by atoms with Crippen LogP contribution in [0.3, 0.4) is 0 Å². The third-order valence-corrected chi connectivity index (χ3v) is 5.78. The van der Waals surface area contributed by atoms with Gasteiger partial charge in [-0.05, 0) is 61.5 Å². The van der Waals surface area contributed by atoms with Gasteiger partial charge in [-0.25, -0.2) is 9.37 Å². The lowest BCUT2D eigenvalue weighted by molar-refractivity contribution is 0.102. The summed E-state index contributed by atoms with van der Waals surface area (Å²) in [6.07, 6.45) is 4.68. The van der Waals surface area contributed by atoms with Crippen molar-refractivity contribution in [3.05, 3.63) is 107 Å². The molecule has 196 valence electrons. The van der Waals surface area contributed by atoms with Crippen molar-refractivity contribution < 1.29 is 23.4 Å². The third-order valence-electron chi connectivity index (χ3n) is 5.78. The molecule has 0 spiro atoms. The molecular formula is C29H23FN4O5. The zero-order valence-corrected chi connectivity index (χ0v) is 21.1. The van der Waals surface area contributed by atoms with Crippen LogP contribution < -0.4 is 25.1 Å². The fourth-order valence-corrected chi connectivity index (χ4v) is 3.92. The zero-order chi connectivity index (χ0) is 27.4. The summed E-state index contributed by atoms with van der Waals surface area (Å²) in [5, 5.41) is 2.73. The highest BCUT2D eigenvalue weighted by Crippen LogP contribution is 2.29. The van der Waals surface area contributed by atoms with Crippen LogP contribution >= 0.6 is 0 Å². The number of nitrogens with one attached hydrogen (secondary N) is 1. The lowest BCUT2D eigenvalue weighted by atomic mass is 10.2. The minimum atomic E-state index is -0.646. The van der Waals surface area contributed by atoms with Gasteiger partial charge in [0.2, 0.25) is 0 Å². The first-order valence-corrected chi connectivity index (χ1v) is 12.0. The maximum atomic E-state index is 13.4. The van der Waals surface area contributed by atoms with Gasteiger partial charge in [-0.1, -0.05) is 0 Å². The van der Waals surface area contributed by atoms with Crippen LogP contribution in [0.4, 0.5) is 10.1 Å². The molecule has 0 aliphatic carbocycles. The Morgan fingerprint density at radius 1 is 0.974 bits per heavy atom. The quantitative estimate of drug-likeness (QED) is 0.290. The largest absolute Gasteiger partial charge is 0.495 e. The molecule has 5 aromatic rings. The SMILES string of the molecule is CCOc1ccn(-c2ccc(F)cc2)c(=O)c1C(=O)Nc1ccc(Oc2ccnc3cc(OC)cnc23)cc1. The molecule has 3 heterocycles. The van der Waals surface area contributed by atoms with E-state index in [1.54, 1.807) is 62.8 Å². The van der Waals surface area contributed by atoms with Gasteiger partial charge in [-0.15, -0.1) is 0 Å². The Balaban J connectivity index is 1.38. The summed E-state index contributed by atoms with van der Waals surface area (Å²) < 4.78 is 31.4. The molecule has 0 saturated heterocycles. The summed E-state index contributed by atoms with van der Waals surface area (Å²) >= 11 is 0. The van der Waals surface area contributed by atoms with Gasteiger partial charge in [0.1, 0.15) is 34.1 Å². The molecule has 0 radical (unpaired) electrons. The van der Waals surface area contributed by atoms with E-state index in [1.165, 1.54) is 41.1 Å². The number of amides is 1. The Morgan fingerprint density at radius 2 is 1.74 bits per heavy atom. The summed E-state index contributed by atoms with van der Waals surface area (Å²) in [6.45, 7) is 2.02. The van der Waals surface area contributed by atoms with E-state index in [-0.39, 0.29) is 17.9 Å². The number of anilines is 1. The van der Waals surface area contributed by atoms with Crippen molar-refractivity contribution in [2.75, 3.05) is 19.0 Å². The van der Waals surface area contributed by atoms with Crippen LogP contribution in [0.5, 0.6) is 23.0 Å². The van der Waals surface area contributed by atoms with Crippen molar-refractivity contribution in [3.63, 3.8) is 0 Å². The topological polar surface area (TPSA) is 105 Å². The summed E-state index contributed by atoms with van der Waals surface area (Å²) in [5.74, 6) is 0.663. The number of nitrogens with zero attached hydrogens (tertiary/aromatic N) is 3. The fraction of sp³-hybridized carbons (Fsp3) is 0.103. The van der Waals surface area contributed by atoms with E-state index >= 15 is 0 Å². The zero-order valence-electron chi connectivity index (χ0n) is 21.1. The molecule has 0 saturated carbocycles. The van der Waals surface area contributed by atoms with Gasteiger partial charge in [0, 0.05) is 35.9 Å². The number of carbonyl (C=O) groups excluding carboxylic acids is 1. The summed E-state index contributed by atoms with van der Waals surface area (Å²) in [4.78, 5) is 35.2. The standard InChI is InChI=1S/C29H23FN4O5/c1-3-38-24-13-15-34(20-8-4-18(30)5-9-20)29(36)26(24)28(35)33-19-6-10-21(11-7-19)39-25-12-14-31-23-16-22(37-2)17-32-27(23)25/h4-17H,3H2,1-2H3,(H,33,35). The number of fused-ring (bicyclic) bond motifs is 1. The third kappa shape index (κ3) is 5.40. The first-order chi connectivity index (χ1) is 19.0. The summed E-state index contributed by atoms with van der Waals surface area (Å²) in [5.41, 5.74) is 1.27. The van der Waals surface area contributed by atoms with Gasteiger partial charge in [0.25, 0.3) is 11.5 Å². The Hall–Kier alpha value is -5.25. The maximum Gasteiger partial charge on any atom is 0.271 e. The number of aromatic nitrogens is 3. The second kappa shape index (κ2) is 11.0. The summed E-state index contributed by atoms with van der Waals surface area (Å²) in [6, 6.07) is 17.0. The maximum absolute atomic E-state index is 13.4. The van der Waals surface area contributed by atoms with Gasteiger partial charge >= 0.3 is 0 Å². The van der Waals surface area contributed by atoms with E-state index in [0.717, 1.165) is 0 Å². The van der Waals surface area contributed by atoms with E-state index in [9.17, 15) is 14.0 Å². The average Bonchev–Trinajstić information content (AvgIpc) is 2.95. The number of benzene rings is 2. The van der Waals surface area contributed by atoms with E-state index in [4.69, 9.17) is 14.2 Å². The van der Waals surface area contributed by atoms with Crippen LogP contribution in [0.15, 0.2) is 90.1 Å². The normalized spacial score (nSPS) is 10.7. The molecule has 0 atom stereocenters. The van der Waals surface area contributed by atoms with Gasteiger partial charge in [-0.3, -0.25) is 19.1 Å². The Morgan fingerprint density at radius 3 is 2.46 bits per heavy atom. The van der Waals surface area contributed by atoms with Crippen molar-refractivity contribution in [1.82, 2.24) is 14.5 Å². The van der Waals surface area contributed by atoms with Crippen molar-refractivity contribution >= 4 is 22.6 Å². The number of ether oxygens (including phenoxy) is 3. The van der Waals surface area contributed by atoms with E-state index in [0.29, 0.717) is 39.7 Å². The van der Waals surface area contributed by atoms with Crippen molar-refractivity contribution in [2.45, 2.75) is 6.92 Å². The number of hydrogen-bond donors (Lipinski definition) is 1. The van der Waals surface area contributed by atoms with Crippen molar-refractivity contribution in [2.24, 2.45) is 0 Å². The molecule has 2 aromatic carbocycles. The van der Waals surface area contributed by atoms with E-state index < -0.39 is 17.3 Å². The highest BCUT2D eigenvalue weighted by molar-refractivity contribution is 6.06. The van der Waals surface area contributed by atoms with Gasteiger partial charge in [-0.2, -0.15) is 0 Å².